The molecule has 0 fully saturated rings. The van der Waals surface area contributed by atoms with Crippen LogP contribution in [0.2, 0.25) is 4.34 Å². The van der Waals surface area contributed by atoms with Gasteiger partial charge in [-0.05, 0) is 13.8 Å². The number of carbonyl (C=O) groups is 1. The van der Waals surface area contributed by atoms with Crippen LogP contribution >= 0.6 is 23.1 Å². The molecule has 7 heteroatoms. The van der Waals surface area contributed by atoms with E-state index in [2.05, 4.69) is 9.59 Å². The monoisotopic (exact) mass is 248 g/mol. The van der Waals surface area contributed by atoms with Crippen LogP contribution in [0.5, 0.6) is 0 Å². The van der Waals surface area contributed by atoms with E-state index in [1.54, 1.807) is 0 Å². The predicted molar refractivity (Wildman–Crippen MR) is 59.7 cm³/mol. The molecule has 0 aliphatic rings. The molecule has 0 saturated heterocycles. The molecule has 15 heavy (non-hydrogen) atoms. The van der Waals surface area contributed by atoms with E-state index in [0.717, 1.165) is 11.5 Å². The molecule has 84 valence electrons. The first-order chi connectivity index (χ1) is 7.00. The van der Waals surface area contributed by atoms with Gasteiger partial charge in [-0.25, -0.2) is 0 Å². The van der Waals surface area contributed by atoms with Crippen LogP contribution in [0.4, 0.5) is 0 Å². The van der Waals surface area contributed by atoms with Gasteiger partial charge in [0.05, 0.1) is 6.54 Å². The van der Waals surface area contributed by atoms with Gasteiger partial charge in [0.15, 0.2) is 0 Å². The number of hydrogen-bond donors (Lipinski definition) is 1. The molecule has 0 unspecified atom stereocenters. The van der Waals surface area contributed by atoms with Gasteiger partial charge in [0.25, 0.3) is 0 Å². The van der Waals surface area contributed by atoms with Crippen LogP contribution in [-0.4, -0.2) is 33.0 Å². The van der Waals surface area contributed by atoms with E-state index < -0.39 is 0 Å². The van der Waals surface area contributed by atoms with Crippen molar-refractivity contribution >= 4 is 29.0 Å². The van der Waals surface area contributed by atoms with E-state index in [9.17, 15) is 4.79 Å². The molecule has 0 saturated carbocycles. The summed E-state index contributed by atoms with van der Waals surface area (Å²) in [4.78, 5) is 12.7. The lowest BCUT2D eigenvalue weighted by Crippen LogP contribution is -2.38. The van der Waals surface area contributed by atoms with Crippen LogP contribution in [-0.2, 0) is 11.3 Å². The van der Waals surface area contributed by atoms with Crippen LogP contribution in [0.1, 0.15) is 19.5 Å². The fraction of sp³-hybridized carbons (Fsp3) is 0.625. The zero-order valence-electron chi connectivity index (χ0n) is 8.61. The molecule has 0 bridgehead atoms. The van der Waals surface area contributed by atoms with Crippen molar-refractivity contribution in [2.75, 3.05) is 6.54 Å². The Morgan fingerprint density at radius 1 is 1.67 bits per heavy atom. The molecule has 1 aromatic heterocycles. The fourth-order valence-electron chi connectivity index (χ4n) is 1.10. The number of nitrogens with two attached hydrogens (primary N) is 1. The third kappa shape index (κ3) is 3.73. The highest BCUT2D eigenvalue weighted by atomic mass is 35.5. The number of aromatic nitrogens is 2. The predicted octanol–water partition coefficient (Wildman–Crippen LogP) is 0.887. The summed E-state index contributed by atoms with van der Waals surface area (Å²) in [6.07, 6.45) is 0. The van der Waals surface area contributed by atoms with Gasteiger partial charge in [-0.1, -0.05) is 16.1 Å². The molecule has 1 aromatic rings. The molecular formula is C8H13ClN4OS. The topological polar surface area (TPSA) is 72.1 Å². The van der Waals surface area contributed by atoms with Gasteiger partial charge in [-0.3, -0.25) is 9.69 Å². The normalized spacial score (nSPS) is 11.3. The highest BCUT2D eigenvalue weighted by molar-refractivity contribution is 7.10. The van der Waals surface area contributed by atoms with Gasteiger partial charge in [-0.2, -0.15) is 0 Å². The number of primary amides is 1. The second-order valence-electron chi connectivity index (χ2n) is 3.46. The lowest BCUT2D eigenvalue weighted by Gasteiger charge is -2.23. The highest BCUT2D eigenvalue weighted by Crippen LogP contribution is 2.19. The number of hydrogen-bond acceptors (Lipinski definition) is 5. The molecule has 0 aromatic carbocycles. The SMILES string of the molecule is CC(C)N(CC(N)=O)Cc1nnsc1Cl. The third-order valence-corrected chi connectivity index (χ3v) is 2.94. The quantitative estimate of drug-likeness (QED) is 0.840. The number of amides is 1. The summed E-state index contributed by atoms with van der Waals surface area (Å²) in [7, 11) is 0. The Kier molecular flexibility index (Phi) is 4.44. The molecule has 0 spiro atoms. The first-order valence-electron chi connectivity index (χ1n) is 4.49. The van der Waals surface area contributed by atoms with Crippen LogP contribution in [0.3, 0.4) is 0 Å². The summed E-state index contributed by atoms with van der Waals surface area (Å²) in [5.41, 5.74) is 5.84. The summed E-state index contributed by atoms with van der Waals surface area (Å²) < 4.78 is 4.29. The molecule has 5 nitrogen and oxygen atoms in total. The summed E-state index contributed by atoms with van der Waals surface area (Å²) in [5.74, 6) is -0.358. The van der Waals surface area contributed by atoms with Crippen molar-refractivity contribution in [1.82, 2.24) is 14.5 Å². The van der Waals surface area contributed by atoms with Gasteiger partial charge in [0, 0.05) is 24.1 Å². The van der Waals surface area contributed by atoms with Crippen LogP contribution in [0, 0.1) is 0 Å². The van der Waals surface area contributed by atoms with Crippen molar-refractivity contribution in [2.24, 2.45) is 5.73 Å². The Labute approximate surface area is 97.4 Å². The van der Waals surface area contributed by atoms with Crippen molar-refractivity contribution in [1.29, 1.82) is 0 Å². The lowest BCUT2D eigenvalue weighted by molar-refractivity contribution is -0.119. The average Bonchev–Trinajstić information content (AvgIpc) is 2.50. The minimum absolute atomic E-state index is 0.200. The number of halogens is 1. The van der Waals surface area contributed by atoms with Crippen molar-refractivity contribution < 1.29 is 4.79 Å². The molecule has 0 radical (unpaired) electrons. The van der Waals surface area contributed by atoms with Gasteiger partial charge < -0.3 is 5.73 Å². The van der Waals surface area contributed by atoms with E-state index in [1.165, 1.54) is 0 Å². The number of carbonyl (C=O) groups excluding carboxylic acids is 1. The van der Waals surface area contributed by atoms with Crippen molar-refractivity contribution in [3.05, 3.63) is 10.0 Å². The van der Waals surface area contributed by atoms with Gasteiger partial charge in [-0.15, -0.1) is 5.10 Å². The molecule has 1 rings (SSSR count). The molecule has 0 atom stereocenters. The highest BCUT2D eigenvalue weighted by Gasteiger charge is 2.16. The second kappa shape index (κ2) is 5.39. The number of nitrogens with zero attached hydrogens (tertiary/aromatic N) is 3. The Bertz CT molecular complexity index is 341. The first kappa shape index (κ1) is 12.4. The molecule has 1 amide bonds. The third-order valence-electron chi connectivity index (χ3n) is 1.95. The van der Waals surface area contributed by atoms with Crippen LogP contribution in [0.15, 0.2) is 0 Å². The Morgan fingerprint density at radius 3 is 2.73 bits per heavy atom. The van der Waals surface area contributed by atoms with E-state index >= 15 is 0 Å². The standard InChI is InChI=1S/C8H13ClN4OS/c1-5(2)13(4-7(10)14)3-6-8(9)15-12-11-6/h5H,3-4H2,1-2H3,(H2,10,14). The fourth-order valence-corrected chi connectivity index (χ4v) is 1.72. The summed E-state index contributed by atoms with van der Waals surface area (Å²) in [5, 5.41) is 3.89. The van der Waals surface area contributed by atoms with E-state index in [0.29, 0.717) is 16.6 Å². The summed E-state index contributed by atoms with van der Waals surface area (Å²) >= 11 is 7.01. The zero-order chi connectivity index (χ0) is 11.4. The lowest BCUT2D eigenvalue weighted by atomic mass is 10.3. The first-order valence-corrected chi connectivity index (χ1v) is 5.65. The minimum Gasteiger partial charge on any atom is -0.369 e. The maximum Gasteiger partial charge on any atom is 0.231 e. The van der Waals surface area contributed by atoms with Crippen molar-refractivity contribution in [3.8, 4) is 0 Å². The van der Waals surface area contributed by atoms with Gasteiger partial charge in [0.1, 0.15) is 10.0 Å². The largest absolute Gasteiger partial charge is 0.369 e. The van der Waals surface area contributed by atoms with E-state index in [4.69, 9.17) is 17.3 Å². The summed E-state index contributed by atoms with van der Waals surface area (Å²) in [6.45, 7) is 4.66. The maximum absolute atomic E-state index is 10.8. The van der Waals surface area contributed by atoms with Crippen LogP contribution in [0.25, 0.3) is 0 Å². The molecule has 0 aliphatic carbocycles. The average molecular weight is 249 g/mol. The van der Waals surface area contributed by atoms with Crippen molar-refractivity contribution in [2.45, 2.75) is 26.4 Å². The van der Waals surface area contributed by atoms with E-state index in [1.807, 2.05) is 18.7 Å². The second-order valence-corrected chi connectivity index (χ2v) is 4.81. The summed E-state index contributed by atoms with van der Waals surface area (Å²) in [6, 6.07) is 0.204. The Morgan fingerprint density at radius 2 is 2.33 bits per heavy atom. The zero-order valence-corrected chi connectivity index (χ0v) is 10.2. The van der Waals surface area contributed by atoms with E-state index in [-0.39, 0.29) is 18.5 Å². The molecule has 2 N–H and O–H groups in total. The maximum atomic E-state index is 10.8. The van der Waals surface area contributed by atoms with Crippen molar-refractivity contribution in [3.63, 3.8) is 0 Å². The molecule has 1 heterocycles. The molecule has 0 aliphatic heterocycles. The minimum atomic E-state index is -0.358. The smallest absolute Gasteiger partial charge is 0.231 e. The van der Waals surface area contributed by atoms with Gasteiger partial charge in [0.2, 0.25) is 5.91 Å². The van der Waals surface area contributed by atoms with Crippen LogP contribution < -0.4 is 5.73 Å². The Balaban J connectivity index is 2.67. The number of rotatable bonds is 5. The molecular weight excluding hydrogens is 236 g/mol. The van der Waals surface area contributed by atoms with Gasteiger partial charge >= 0.3 is 0 Å². The Hall–Kier alpha value is -0.720.